The molecule has 3 nitrogen and oxygen atoms in total. The Labute approximate surface area is 87.1 Å². The number of pyridine rings is 1. The second kappa shape index (κ2) is 4.28. The fourth-order valence-electron chi connectivity index (χ4n) is 0.897. The average molecular weight is 235 g/mol. The molecule has 0 N–H and O–H groups in total. The van der Waals surface area contributed by atoms with Gasteiger partial charge in [0, 0.05) is 0 Å². The number of halogens is 4. The maximum absolute atomic E-state index is 13.0. The third kappa shape index (κ3) is 2.25. The first kappa shape index (κ1) is 11.5. The van der Waals surface area contributed by atoms with Gasteiger partial charge >= 0.3 is 0 Å². The van der Waals surface area contributed by atoms with Gasteiger partial charge < -0.3 is 0 Å². The van der Waals surface area contributed by atoms with Crippen LogP contribution in [0.4, 0.5) is 13.2 Å². The number of carbonyl (C=O) groups is 1. The predicted octanol–water partition coefficient (Wildman–Crippen LogP) is 2.41. The van der Waals surface area contributed by atoms with E-state index in [2.05, 4.69) is 4.98 Å². The Balaban J connectivity index is 3.44. The lowest BCUT2D eigenvalue weighted by Gasteiger charge is -2.03. The van der Waals surface area contributed by atoms with Gasteiger partial charge in [-0.05, 0) is 17.7 Å². The second-order valence-corrected chi connectivity index (χ2v) is 2.79. The molecule has 0 unspecified atom stereocenters. The summed E-state index contributed by atoms with van der Waals surface area (Å²) < 4.78 is 37.5. The van der Waals surface area contributed by atoms with Crippen molar-refractivity contribution in [3.05, 3.63) is 28.8 Å². The smallest absolute Gasteiger partial charge is 0.273 e. The van der Waals surface area contributed by atoms with E-state index in [-0.39, 0.29) is 0 Å². The normalized spacial score (nSPS) is 10.1. The topological polar surface area (TPSA) is 53.8 Å². The molecule has 1 heterocycles. The van der Waals surface area contributed by atoms with E-state index in [1.807, 2.05) is 0 Å². The summed E-state index contributed by atoms with van der Waals surface area (Å²) in [4.78, 5) is 13.7. The highest BCUT2D eigenvalue weighted by molar-refractivity contribution is 6.67. The van der Waals surface area contributed by atoms with Crippen molar-refractivity contribution in [1.82, 2.24) is 4.98 Å². The number of aromatic nitrogens is 1. The zero-order valence-corrected chi connectivity index (χ0v) is 7.73. The van der Waals surface area contributed by atoms with Crippen LogP contribution in [-0.2, 0) is 0 Å². The molecule has 0 amide bonds. The Morgan fingerprint density at radius 3 is 2.60 bits per heavy atom. The maximum atomic E-state index is 13.0. The monoisotopic (exact) mass is 234 g/mol. The first-order valence-corrected chi connectivity index (χ1v) is 3.93. The fourth-order valence-corrected chi connectivity index (χ4v) is 1.03. The molecule has 0 bridgehead atoms. The van der Waals surface area contributed by atoms with Crippen molar-refractivity contribution in [3.8, 4) is 6.07 Å². The van der Waals surface area contributed by atoms with Gasteiger partial charge in [0.15, 0.2) is 11.5 Å². The fraction of sp³-hybridized carbons (Fsp3) is 0.125. The van der Waals surface area contributed by atoms with E-state index >= 15 is 0 Å². The van der Waals surface area contributed by atoms with Gasteiger partial charge in [-0.3, -0.25) is 4.79 Å². The number of nitrogens with zero attached hydrogens (tertiary/aromatic N) is 2. The molecule has 1 rings (SSSR count). The van der Waals surface area contributed by atoms with Crippen molar-refractivity contribution in [2.45, 2.75) is 6.43 Å². The average Bonchev–Trinajstić information content (AvgIpc) is 2.16. The van der Waals surface area contributed by atoms with Crippen LogP contribution in [0, 0.1) is 17.1 Å². The van der Waals surface area contributed by atoms with E-state index in [0.717, 1.165) is 0 Å². The van der Waals surface area contributed by atoms with Gasteiger partial charge in [-0.1, -0.05) is 0 Å². The Morgan fingerprint density at radius 2 is 2.20 bits per heavy atom. The number of nitriles is 1. The molecule has 15 heavy (non-hydrogen) atoms. The van der Waals surface area contributed by atoms with Crippen LogP contribution in [0.1, 0.15) is 28.2 Å². The van der Waals surface area contributed by atoms with Crippen molar-refractivity contribution in [3.63, 3.8) is 0 Å². The Bertz CT molecular complexity index is 456. The van der Waals surface area contributed by atoms with Crippen molar-refractivity contribution in [1.29, 1.82) is 5.26 Å². The summed E-state index contributed by atoms with van der Waals surface area (Å²) in [5.41, 5.74) is -2.41. The third-order valence-electron chi connectivity index (χ3n) is 1.53. The van der Waals surface area contributed by atoms with Crippen LogP contribution >= 0.6 is 11.6 Å². The van der Waals surface area contributed by atoms with E-state index in [4.69, 9.17) is 16.9 Å². The van der Waals surface area contributed by atoms with Gasteiger partial charge in [0.1, 0.15) is 11.8 Å². The van der Waals surface area contributed by atoms with E-state index in [1.54, 1.807) is 0 Å². The molecular formula is C8H2ClF3N2O. The van der Waals surface area contributed by atoms with E-state index < -0.39 is 34.4 Å². The molecular weight excluding hydrogens is 233 g/mol. The third-order valence-corrected chi connectivity index (χ3v) is 1.71. The van der Waals surface area contributed by atoms with Crippen LogP contribution in [0.3, 0.4) is 0 Å². The number of hydrogen-bond donors (Lipinski definition) is 0. The first-order chi connectivity index (χ1) is 6.97. The van der Waals surface area contributed by atoms with E-state index in [0.29, 0.717) is 6.07 Å². The summed E-state index contributed by atoms with van der Waals surface area (Å²) in [5.74, 6) is -1.27. The lowest BCUT2D eigenvalue weighted by Crippen LogP contribution is -2.05. The number of carbonyl (C=O) groups excluding carboxylic acids is 1. The highest BCUT2D eigenvalue weighted by Gasteiger charge is 2.20. The van der Waals surface area contributed by atoms with Crippen molar-refractivity contribution < 1.29 is 18.0 Å². The second-order valence-electron chi connectivity index (χ2n) is 2.44. The van der Waals surface area contributed by atoms with Gasteiger partial charge in [-0.15, -0.1) is 0 Å². The number of alkyl halides is 2. The maximum Gasteiger partial charge on any atom is 0.273 e. The lowest BCUT2D eigenvalue weighted by atomic mass is 10.2. The molecule has 0 radical (unpaired) electrons. The van der Waals surface area contributed by atoms with Crippen LogP contribution in [0.2, 0.25) is 0 Å². The molecule has 0 aromatic carbocycles. The predicted molar refractivity (Wildman–Crippen MR) is 44.1 cm³/mol. The zero-order chi connectivity index (χ0) is 11.6. The minimum absolute atomic E-state index is 0.381. The Kier molecular flexibility index (Phi) is 3.27. The molecule has 78 valence electrons. The largest absolute Gasteiger partial charge is 0.274 e. The van der Waals surface area contributed by atoms with Gasteiger partial charge in [0.2, 0.25) is 0 Å². The minimum atomic E-state index is -3.04. The van der Waals surface area contributed by atoms with E-state index in [9.17, 15) is 18.0 Å². The standard InChI is InChI=1S/C8H2ClF3N2O/c9-7(15)6-4(10)1-3(8(11)12)5(2-13)14-6/h1,8H. The lowest BCUT2D eigenvalue weighted by molar-refractivity contribution is 0.107. The summed E-state index contributed by atoms with van der Waals surface area (Å²) in [5, 5.41) is 7.20. The van der Waals surface area contributed by atoms with Crippen LogP contribution in [-0.4, -0.2) is 10.2 Å². The van der Waals surface area contributed by atoms with Crippen LogP contribution in [0.25, 0.3) is 0 Å². The van der Waals surface area contributed by atoms with Gasteiger partial charge in [-0.2, -0.15) is 5.26 Å². The molecule has 1 aromatic heterocycles. The van der Waals surface area contributed by atoms with Crippen LogP contribution in [0.15, 0.2) is 6.07 Å². The molecule has 7 heteroatoms. The quantitative estimate of drug-likeness (QED) is 0.739. The summed E-state index contributed by atoms with van der Waals surface area (Å²) in [6.45, 7) is 0. The van der Waals surface area contributed by atoms with Crippen molar-refractivity contribution >= 4 is 16.8 Å². The Morgan fingerprint density at radius 1 is 1.60 bits per heavy atom. The van der Waals surface area contributed by atoms with E-state index in [1.165, 1.54) is 6.07 Å². The molecule has 0 fully saturated rings. The zero-order valence-electron chi connectivity index (χ0n) is 6.97. The van der Waals surface area contributed by atoms with Crippen molar-refractivity contribution in [2.24, 2.45) is 0 Å². The molecule has 0 aliphatic heterocycles. The summed E-state index contributed by atoms with van der Waals surface area (Å²) in [6.07, 6.45) is -3.04. The molecule has 0 atom stereocenters. The molecule has 1 aromatic rings. The van der Waals surface area contributed by atoms with Gasteiger partial charge in [-0.25, -0.2) is 18.2 Å². The molecule has 0 aliphatic carbocycles. The summed E-state index contributed by atoms with van der Waals surface area (Å²) in [6, 6.07) is 1.71. The van der Waals surface area contributed by atoms with Crippen LogP contribution in [0.5, 0.6) is 0 Å². The first-order valence-electron chi connectivity index (χ1n) is 3.56. The van der Waals surface area contributed by atoms with Gasteiger partial charge in [0.05, 0.1) is 5.56 Å². The minimum Gasteiger partial charge on any atom is -0.274 e. The summed E-state index contributed by atoms with van der Waals surface area (Å²) >= 11 is 4.93. The molecule has 0 aliphatic rings. The highest BCUT2D eigenvalue weighted by atomic mass is 35.5. The van der Waals surface area contributed by atoms with Crippen LogP contribution < -0.4 is 0 Å². The summed E-state index contributed by atoms with van der Waals surface area (Å²) in [7, 11) is 0. The molecule has 0 spiro atoms. The Hall–Kier alpha value is -1.61. The molecule has 0 saturated carbocycles. The number of rotatable bonds is 2. The van der Waals surface area contributed by atoms with Gasteiger partial charge in [0.25, 0.3) is 11.7 Å². The highest BCUT2D eigenvalue weighted by Crippen LogP contribution is 2.23. The number of hydrogen-bond acceptors (Lipinski definition) is 3. The molecule has 0 saturated heterocycles. The van der Waals surface area contributed by atoms with Crippen molar-refractivity contribution in [2.75, 3.05) is 0 Å². The SMILES string of the molecule is N#Cc1nc(C(=O)Cl)c(F)cc1C(F)F.